The molecule has 0 aliphatic heterocycles. The maximum absolute atomic E-state index is 10.7. The van der Waals surface area contributed by atoms with Crippen molar-refractivity contribution in [3.8, 4) is 56.9 Å². The SMILES string of the molecule is N#Cc1cccc(-c2c(-n3c4ccc(-c5ccccc5)cc4c4cc(-c5ccccc5)ccc43)ccc3c2c2ccccc2n3-c2ccccc2)c1C#N. The van der Waals surface area contributed by atoms with Gasteiger partial charge >= 0.3 is 0 Å². The Labute approximate surface area is 312 Å². The van der Waals surface area contributed by atoms with E-state index in [-0.39, 0.29) is 0 Å². The summed E-state index contributed by atoms with van der Waals surface area (Å²) in [4.78, 5) is 0. The summed E-state index contributed by atoms with van der Waals surface area (Å²) in [5.74, 6) is 0. The zero-order valence-corrected chi connectivity index (χ0v) is 29.1. The minimum absolute atomic E-state index is 0.354. The molecule has 250 valence electrons. The third-order valence-corrected chi connectivity index (χ3v) is 10.6. The highest BCUT2D eigenvalue weighted by Gasteiger charge is 2.25. The first-order chi connectivity index (χ1) is 26.7. The van der Waals surface area contributed by atoms with Crippen molar-refractivity contribution >= 4 is 43.6 Å². The highest BCUT2D eigenvalue weighted by molar-refractivity contribution is 6.19. The van der Waals surface area contributed by atoms with E-state index in [4.69, 9.17) is 0 Å². The number of nitrogens with zero attached hydrogens (tertiary/aromatic N) is 4. The van der Waals surface area contributed by atoms with Gasteiger partial charge in [0.05, 0.1) is 38.9 Å². The summed E-state index contributed by atoms with van der Waals surface area (Å²) in [6, 6.07) is 68.0. The van der Waals surface area contributed by atoms with Crippen LogP contribution in [0.1, 0.15) is 11.1 Å². The van der Waals surface area contributed by atoms with Crippen molar-refractivity contribution < 1.29 is 0 Å². The average Bonchev–Trinajstić information content (AvgIpc) is 3.76. The summed E-state index contributed by atoms with van der Waals surface area (Å²) in [6.07, 6.45) is 0. The summed E-state index contributed by atoms with van der Waals surface area (Å²) in [7, 11) is 0. The third kappa shape index (κ3) is 4.76. The largest absolute Gasteiger partial charge is 0.309 e. The molecule has 0 radical (unpaired) electrons. The maximum atomic E-state index is 10.7. The molecule has 0 spiro atoms. The van der Waals surface area contributed by atoms with Crippen molar-refractivity contribution in [2.45, 2.75) is 0 Å². The molecule has 2 aromatic heterocycles. The molecule has 54 heavy (non-hydrogen) atoms. The standard InChI is InChI=1S/C50H30N4/c51-31-37-17-12-21-39(43(37)32-52)49-48(28-27-47-50(49)40-20-10-11-22-44(40)53(47)38-18-8-3-9-19-38)54-45-25-23-35(33-13-4-1-5-14-33)29-41(45)42-30-36(24-26-46(42)54)34-15-6-2-7-16-34/h1-30H. The summed E-state index contributed by atoms with van der Waals surface area (Å²) < 4.78 is 4.64. The predicted molar refractivity (Wildman–Crippen MR) is 221 cm³/mol. The molecule has 0 aliphatic rings. The lowest BCUT2D eigenvalue weighted by Crippen LogP contribution is -2.01. The highest BCUT2D eigenvalue weighted by atomic mass is 15.0. The Hall–Kier alpha value is -7.66. The Bertz CT molecular complexity index is 3060. The number of hydrogen-bond acceptors (Lipinski definition) is 2. The lowest BCUT2D eigenvalue weighted by atomic mass is 9.91. The molecule has 0 fully saturated rings. The molecule has 0 amide bonds. The first kappa shape index (κ1) is 31.1. The van der Waals surface area contributed by atoms with Gasteiger partial charge in [0.1, 0.15) is 12.1 Å². The van der Waals surface area contributed by atoms with E-state index >= 15 is 0 Å². The second kappa shape index (κ2) is 12.5. The Kier molecular flexibility index (Phi) is 7.22. The van der Waals surface area contributed by atoms with E-state index < -0.39 is 0 Å². The second-order valence-electron chi connectivity index (χ2n) is 13.5. The second-order valence-corrected chi connectivity index (χ2v) is 13.5. The monoisotopic (exact) mass is 686 g/mol. The molecule has 4 heteroatoms. The normalized spacial score (nSPS) is 11.3. The molecule has 0 bridgehead atoms. The molecular weight excluding hydrogens is 657 g/mol. The van der Waals surface area contributed by atoms with Gasteiger partial charge in [-0.25, -0.2) is 0 Å². The predicted octanol–water partition coefficient (Wildman–Crippen LogP) is 12.6. The van der Waals surface area contributed by atoms with Crippen molar-refractivity contribution in [1.29, 1.82) is 10.5 Å². The fourth-order valence-electron chi connectivity index (χ4n) is 8.24. The van der Waals surface area contributed by atoms with Gasteiger partial charge in [-0.3, -0.25) is 0 Å². The summed E-state index contributed by atoms with van der Waals surface area (Å²) >= 11 is 0. The van der Waals surface area contributed by atoms with Crippen LogP contribution in [0.4, 0.5) is 0 Å². The average molecular weight is 687 g/mol. The minimum atomic E-state index is 0.354. The van der Waals surface area contributed by atoms with Gasteiger partial charge in [-0.15, -0.1) is 0 Å². The molecule has 0 N–H and O–H groups in total. The van der Waals surface area contributed by atoms with E-state index in [9.17, 15) is 10.5 Å². The molecule has 8 aromatic carbocycles. The van der Waals surface area contributed by atoms with Crippen molar-refractivity contribution in [3.63, 3.8) is 0 Å². The molecule has 10 rings (SSSR count). The summed E-state index contributed by atoms with van der Waals surface area (Å²) in [6.45, 7) is 0. The Morgan fingerprint density at radius 3 is 1.56 bits per heavy atom. The van der Waals surface area contributed by atoms with Crippen LogP contribution in [0.15, 0.2) is 182 Å². The Morgan fingerprint density at radius 2 is 0.944 bits per heavy atom. The van der Waals surface area contributed by atoms with E-state index in [1.54, 1.807) is 6.07 Å². The summed E-state index contributed by atoms with van der Waals surface area (Å²) in [5.41, 5.74) is 13.1. The fourth-order valence-corrected chi connectivity index (χ4v) is 8.24. The highest BCUT2D eigenvalue weighted by Crippen LogP contribution is 2.46. The molecular formula is C50H30N4. The van der Waals surface area contributed by atoms with E-state index in [0.29, 0.717) is 11.1 Å². The van der Waals surface area contributed by atoms with E-state index in [1.807, 2.05) is 30.3 Å². The quantitative estimate of drug-likeness (QED) is 0.181. The van der Waals surface area contributed by atoms with Crippen LogP contribution in [0, 0.1) is 22.7 Å². The maximum Gasteiger partial charge on any atom is 0.101 e. The van der Waals surface area contributed by atoms with E-state index in [0.717, 1.165) is 88.4 Å². The lowest BCUT2D eigenvalue weighted by Gasteiger charge is -2.18. The smallest absolute Gasteiger partial charge is 0.101 e. The first-order valence-corrected chi connectivity index (χ1v) is 18.0. The first-order valence-electron chi connectivity index (χ1n) is 18.0. The molecule has 4 nitrogen and oxygen atoms in total. The van der Waals surface area contributed by atoms with Gasteiger partial charge in [-0.2, -0.15) is 10.5 Å². The topological polar surface area (TPSA) is 57.4 Å². The van der Waals surface area contributed by atoms with E-state index in [1.165, 1.54) is 0 Å². The molecule has 0 aliphatic carbocycles. The Morgan fingerprint density at radius 1 is 0.389 bits per heavy atom. The van der Waals surface area contributed by atoms with Gasteiger partial charge in [-0.05, 0) is 82.9 Å². The molecule has 0 saturated carbocycles. The van der Waals surface area contributed by atoms with Gasteiger partial charge in [0.25, 0.3) is 0 Å². The zero-order valence-electron chi connectivity index (χ0n) is 29.1. The number of aromatic nitrogens is 2. The summed E-state index contributed by atoms with van der Waals surface area (Å²) in [5, 5.41) is 25.3. The zero-order chi connectivity index (χ0) is 36.2. The van der Waals surface area contributed by atoms with Gasteiger partial charge in [-0.1, -0.05) is 121 Å². The number of benzene rings is 8. The van der Waals surface area contributed by atoms with Crippen LogP contribution in [0.2, 0.25) is 0 Å². The number of rotatable bonds is 5. The van der Waals surface area contributed by atoms with Crippen LogP contribution in [0.5, 0.6) is 0 Å². The molecule has 0 atom stereocenters. The van der Waals surface area contributed by atoms with Crippen LogP contribution in [0.3, 0.4) is 0 Å². The van der Waals surface area contributed by atoms with Gasteiger partial charge < -0.3 is 9.13 Å². The third-order valence-electron chi connectivity index (χ3n) is 10.6. The number of hydrogen-bond donors (Lipinski definition) is 0. The van der Waals surface area contributed by atoms with Crippen LogP contribution < -0.4 is 0 Å². The molecule has 2 heterocycles. The van der Waals surface area contributed by atoms with E-state index in [2.05, 4.69) is 167 Å². The number of fused-ring (bicyclic) bond motifs is 6. The Balaban J connectivity index is 1.38. The lowest BCUT2D eigenvalue weighted by molar-refractivity contribution is 1.17. The van der Waals surface area contributed by atoms with Gasteiger partial charge in [0.15, 0.2) is 0 Å². The van der Waals surface area contributed by atoms with Gasteiger partial charge in [0.2, 0.25) is 0 Å². The molecule has 0 unspecified atom stereocenters. The van der Waals surface area contributed by atoms with Crippen molar-refractivity contribution in [1.82, 2.24) is 9.13 Å². The van der Waals surface area contributed by atoms with Crippen molar-refractivity contribution in [2.75, 3.05) is 0 Å². The van der Waals surface area contributed by atoms with Gasteiger partial charge in [0, 0.05) is 38.4 Å². The molecule has 10 aromatic rings. The molecule has 0 saturated heterocycles. The van der Waals surface area contributed by atoms with Crippen LogP contribution in [-0.4, -0.2) is 9.13 Å². The fraction of sp³-hybridized carbons (Fsp3) is 0. The number of para-hydroxylation sites is 2. The van der Waals surface area contributed by atoms with Crippen molar-refractivity contribution in [3.05, 3.63) is 193 Å². The van der Waals surface area contributed by atoms with Crippen LogP contribution in [0.25, 0.3) is 88.4 Å². The van der Waals surface area contributed by atoms with Crippen LogP contribution in [-0.2, 0) is 0 Å². The number of nitriles is 2. The minimum Gasteiger partial charge on any atom is -0.309 e. The van der Waals surface area contributed by atoms with Crippen molar-refractivity contribution in [2.24, 2.45) is 0 Å². The van der Waals surface area contributed by atoms with Crippen LogP contribution >= 0.6 is 0 Å².